The molecule has 0 aliphatic carbocycles. The molecule has 10 nitrogen and oxygen atoms in total. The van der Waals surface area contributed by atoms with Crippen LogP contribution >= 0.6 is 0 Å². The molecule has 2 aliphatic rings. The van der Waals surface area contributed by atoms with Crippen molar-refractivity contribution in [1.29, 1.82) is 0 Å². The van der Waals surface area contributed by atoms with E-state index in [4.69, 9.17) is 9.15 Å². The summed E-state index contributed by atoms with van der Waals surface area (Å²) >= 11 is 0. The van der Waals surface area contributed by atoms with Crippen molar-refractivity contribution in [3.8, 4) is 0 Å². The molecule has 0 unspecified atom stereocenters. The maximum Gasteiger partial charge on any atom is 0.276 e. The summed E-state index contributed by atoms with van der Waals surface area (Å²) in [7, 11) is 0. The molecule has 0 saturated carbocycles. The van der Waals surface area contributed by atoms with Gasteiger partial charge in [-0.15, -0.1) is 5.10 Å². The van der Waals surface area contributed by atoms with Gasteiger partial charge >= 0.3 is 0 Å². The number of ether oxygens (including phenoxy) is 1. The Kier molecular flexibility index (Phi) is 5.14. The van der Waals surface area contributed by atoms with Crippen molar-refractivity contribution in [3.63, 3.8) is 0 Å². The van der Waals surface area contributed by atoms with Gasteiger partial charge in [-0.3, -0.25) is 9.59 Å². The topological polar surface area (TPSA) is 114 Å². The molecule has 0 spiro atoms. The van der Waals surface area contributed by atoms with Gasteiger partial charge in [-0.2, -0.15) is 0 Å². The predicted octanol–water partition coefficient (Wildman–Crippen LogP) is 0.0108. The molecule has 150 valence electrons. The smallest absolute Gasteiger partial charge is 0.276 e. The predicted molar refractivity (Wildman–Crippen MR) is 95.5 cm³/mol. The van der Waals surface area contributed by atoms with E-state index in [9.17, 15) is 14.7 Å². The van der Waals surface area contributed by atoms with Crippen molar-refractivity contribution in [2.75, 3.05) is 39.4 Å². The quantitative estimate of drug-likeness (QED) is 0.783. The average molecular weight is 389 g/mol. The number of carbonyl (C=O) groups excluding carboxylic acids is 2. The Morgan fingerprint density at radius 1 is 1.11 bits per heavy atom. The maximum atomic E-state index is 12.5. The van der Waals surface area contributed by atoms with Crippen LogP contribution in [-0.2, 0) is 11.3 Å². The molecule has 2 aromatic rings. The standard InChI is InChI=1S/C18H23N5O5/c24-16(14-1-8-28-12-14)21-4-2-18(26,3-5-21)13-23-11-15(19-20-23)17(25)22-6-9-27-10-7-22/h1,8,11-12,26H,2-7,9-10,13H2. The molecule has 4 rings (SSSR count). The second-order valence-corrected chi connectivity index (χ2v) is 7.23. The molecule has 2 saturated heterocycles. The first-order chi connectivity index (χ1) is 13.5. The lowest BCUT2D eigenvalue weighted by molar-refractivity contribution is -0.0318. The summed E-state index contributed by atoms with van der Waals surface area (Å²) in [6, 6.07) is 1.63. The van der Waals surface area contributed by atoms with Crippen molar-refractivity contribution in [2.24, 2.45) is 0 Å². The molecular weight excluding hydrogens is 366 g/mol. The minimum atomic E-state index is -1.000. The molecule has 0 atom stereocenters. The van der Waals surface area contributed by atoms with E-state index in [1.165, 1.54) is 17.2 Å². The summed E-state index contributed by atoms with van der Waals surface area (Å²) in [5.41, 5.74) is -0.230. The molecule has 4 heterocycles. The highest BCUT2D eigenvalue weighted by Gasteiger charge is 2.35. The lowest BCUT2D eigenvalue weighted by Gasteiger charge is -2.37. The first-order valence-electron chi connectivity index (χ1n) is 9.35. The first-order valence-corrected chi connectivity index (χ1v) is 9.35. The Bertz CT molecular complexity index is 819. The third-order valence-corrected chi connectivity index (χ3v) is 5.26. The fourth-order valence-electron chi connectivity index (χ4n) is 3.56. The third-order valence-electron chi connectivity index (χ3n) is 5.26. The average Bonchev–Trinajstić information content (AvgIpc) is 3.40. The Morgan fingerprint density at radius 2 is 1.82 bits per heavy atom. The van der Waals surface area contributed by atoms with Crippen LogP contribution in [0.3, 0.4) is 0 Å². The fraction of sp³-hybridized carbons (Fsp3) is 0.556. The van der Waals surface area contributed by atoms with E-state index >= 15 is 0 Å². The number of piperidine rings is 1. The molecule has 2 aliphatic heterocycles. The van der Waals surface area contributed by atoms with Gasteiger partial charge in [0.25, 0.3) is 11.8 Å². The molecule has 0 bridgehead atoms. The van der Waals surface area contributed by atoms with Gasteiger partial charge in [0.2, 0.25) is 0 Å². The van der Waals surface area contributed by atoms with Crippen molar-refractivity contribution in [1.82, 2.24) is 24.8 Å². The van der Waals surface area contributed by atoms with Crippen LogP contribution in [-0.4, -0.2) is 86.7 Å². The monoisotopic (exact) mass is 389 g/mol. The highest BCUT2D eigenvalue weighted by molar-refractivity contribution is 5.94. The van der Waals surface area contributed by atoms with Crippen LogP contribution in [0.15, 0.2) is 29.2 Å². The van der Waals surface area contributed by atoms with Crippen LogP contribution in [0.25, 0.3) is 0 Å². The second kappa shape index (κ2) is 7.72. The highest BCUT2D eigenvalue weighted by atomic mass is 16.5. The Hall–Kier alpha value is -2.72. The van der Waals surface area contributed by atoms with Crippen LogP contribution in [0.5, 0.6) is 0 Å². The van der Waals surface area contributed by atoms with E-state index in [0.29, 0.717) is 57.8 Å². The lowest BCUT2D eigenvalue weighted by Crippen LogP contribution is -2.48. The van der Waals surface area contributed by atoms with Crippen molar-refractivity contribution in [3.05, 3.63) is 36.0 Å². The van der Waals surface area contributed by atoms with E-state index < -0.39 is 5.60 Å². The zero-order chi connectivity index (χ0) is 19.6. The van der Waals surface area contributed by atoms with Crippen LogP contribution in [0.2, 0.25) is 0 Å². The number of likely N-dealkylation sites (tertiary alicyclic amines) is 1. The number of aliphatic hydroxyl groups is 1. The fourth-order valence-corrected chi connectivity index (χ4v) is 3.56. The van der Waals surface area contributed by atoms with Gasteiger partial charge in [0.05, 0.1) is 43.4 Å². The maximum absolute atomic E-state index is 12.5. The van der Waals surface area contributed by atoms with E-state index in [1.807, 2.05) is 0 Å². The number of carbonyl (C=O) groups is 2. The largest absolute Gasteiger partial charge is 0.472 e. The third kappa shape index (κ3) is 3.92. The summed E-state index contributed by atoms with van der Waals surface area (Å²) in [6.07, 6.45) is 5.30. The SMILES string of the molecule is O=C(c1ccoc1)N1CCC(O)(Cn2cc(C(=O)N3CCOCC3)nn2)CC1. The summed E-state index contributed by atoms with van der Waals surface area (Å²) in [6.45, 7) is 3.22. The molecular formula is C18H23N5O5. The number of hydrogen-bond acceptors (Lipinski definition) is 7. The zero-order valence-corrected chi connectivity index (χ0v) is 15.5. The summed E-state index contributed by atoms with van der Waals surface area (Å²) in [5, 5.41) is 18.9. The van der Waals surface area contributed by atoms with E-state index in [2.05, 4.69) is 10.3 Å². The van der Waals surface area contributed by atoms with Crippen molar-refractivity contribution in [2.45, 2.75) is 25.0 Å². The van der Waals surface area contributed by atoms with Crippen LogP contribution < -0.4 is 0 Å². The van der Waals surface area contributed by atoms with Crippen LogP contribution in [0, 0.1) is 0 Å². The number of hydrogen-bond donors (Lipinski definition) is 1. The number of amides is 2. The van der Waals surface area contributed by atoms with Gasteiger partial charge in [0.1, 0.15) is 6.26 Å². The van der Waals surface area contributed by atoms with Gasteiger partial charge in [-0.25, -0.2) is 4.68 Å². The summed E-state index contributed by atoms with van der Waals surface area (Å²) < 4.78 is 11.7. The summed E-state index contributed by atoms with van der Waals surface area (Å²) in [5.74, 6) is -0.281. The molecule has 2 amide bonds. The Balaban J connectivity index is 1.34. The molecule has 2 aromatic heterocycles. The molecule has 10 heteroatoms. The van der Waals surface area contributed by atoms with Gasteiger partial charge in [0, 0.05) is 26.2 Å². The first kappa shape index (κ1) is 18.6. The van der Waals surface area contributed by atoms with Crippen molar-refractivity contribution < 1.29 is 23.8 Å². The number of rotatable bonds is 4. The van der Waals surface area contributed by atoms with Crippen LogP contribution in [0.1, 0.15) is 33.7 Å². The Labute approximate surface area is 161 Å². The van der Waals surface area contributed by atoms with Gasteiger partial charge in [-0.1, -0.05) is 5.21 Å². The molecule has 28 heavy (non-hydrogen) atoms. The number of morpholine rings is 1. The van der Waals surface area contributed by atoms with Gasteiger partial charge in [0.15, 0.2) is 5.69 Å². The molecule has 0 aromatic carbocycles. The lowest BCUT2D eigenvalue weighted by atomic mass is 9.91. The van der Waals surface area contributed by atoms with E-state index in [1.54, 1.807) is 22.1 Å². The minimum absolute atomic E-state index is 0.102. The van der Waals surface area contributed by atoms with E-state index in [0.717, 1.165) is 0 Å². The van der Waals surface area contributed by atoms with Crippen molar-refractivity contribution >= 4 is 11.8 Å². The summed E-state index contributed by atoms with van der Waals surface area (Å²) in [4.78, 5) is 28.2. The van der Waals surface area contributed by atoms with Gasteiger partial charge < -0.3 is 24.1 Å². The Morgan fingerprint density at radius 3 is 2.50 bits per heavy atom. The second-order valence-electron chi connectivity index (χ2n) is 7.23. The van der Waals surface area contributed by atoms with Crippen LogP contribution in [0.4, 0.5) is 0 Å². The zero-order valence-electron chi connectivity index (χ0n) is 15.5. The normalized spacial score (nSPS) is 19.6. The number of nitrogens with zero attached hydrogens (tertiary/aromatic N) is 5. The minimum Gasteiger partial charge on any atom is -0.472 e. The number of furan rings is 1. The van der Waals surface area contributed by atoms with Gasteiger partial charge in [-0.05, 0) is 18.9 Å². The highest BCUT2D eigenvalue weighted by Crippen LogP contribution is 2.25. The van der Waals surface area contributed by atoms with E-state index in [-0.39, 0.29) is 24.1 Å². The molecule has 2 fully saturated rings. The molecule has 1 N–H and O–H groups in total. The number of aromatic nitrogens is 3. The molecule has 0 radical (unpaired) electrons.